The normalized spacial score (nSPS) is 17.2. The summed E-state index contributed by atoms with van der Waals surface area (Å²) in [5, 5.41) is 17.9. The predicted molar refractivity (Wildman–Crippen MR) is 246 cm³/mol. The van der Waals surface area contributed by atoms with Crippen molar-refractivity contribution in [3.05, 3.63) is 95.4 Å². The molecule has 1 atom stereocenters. The topological polar surface area (TPSA) is 182 Å². The highest BCUT2D eigenvalue weighted by molar-refractivity contribution is 6.06. The molecular weight excluding hydrogens is 809 g/mol. The summed E-state index contributed by atoms with van der Waals surface area (Å²) in [6.07, 6.45) is 6.40. The number of imide groups is 1. The lowest BCUT2D eigenvalue weighted by atomic mass is 9.95. The summed E-state index contributed by atoms with van der Waals surface area (Å²) in [7, 11) is 0. The molecule has 2 aromatic carbocycles. The molecule has 16 heteroatoms. The Morgan fingerprint density at radius 1 is 0.859 bits per heavy atom. The molecule has 64 heavy (non-hydrogen) atoms. The van der Waals surface area contributed by atoms with Crippen LogP contribution < -0.4 is 25.3 Å². The van der Waals surface area contributed by atoms with E-state index in [4.69, 9.17) is 9.51 Å². The molecule has 3 aliphatic rings. The van der Waals surface area contributed by atoms with Gasteiger partial charge in [0.05, 0.1) is 11.7 Å². The maximum Gasteiger partial charge on any atom is 0.328 e. The molecule has 3 N–H and O–H groups in total. The summed E-state index contributed by atoms with van der Waals surface area (Å²) < 4.78 is 5.32. The largest absolute Gasteiger partial charge is 0.372 e. The van der Waals surface area contributed by atoms with Crippen LogP contribution in [0.1, 0.15) is 86.2 Å². The number of aromatic amines is 1. The Bertz CT molecular complexity index is 2690. The maximum absolute atomic E-state index is 13.0. The van der Waals surface area contributed by atoms with Crippen LogP contribution in [-0.2, 0) is 10.2 Å². The van der Waals surface area contributed by atoms with E-state index in [0.717, 1.165) is 115 Å². The van der Waals surface area contributed by atoms with Crippen molar-refractivity contribution in [3.63, 3.8) is 0 Å². The van der Waals surface area contributed by atoms with Crippen LogP contribution in [0.5, 0.6) is 0 Å². The first kappa shape index (κ1) is 42.6. The fraction of sp³-hybridized carbons (Fsp3) is 0.417. The number of H-pyrrole nitrogens is 1. The summed E-state index contributed by atoms with van der Waals surface area (Å²) >= 11 is 0. The van der Waals surface area contributed by atoms with Crippen LogP contribution in [-0.4, -0.2) is 105 Å². The highest BCUT2D eigenvalue weighted by Crippen LogP contribution is 2.33. The van der Waals surface area contributed by atoms with E-state index in [0.29, 0.717) is 30.4 Å². The van der Waals surface area contributed by atoms with E-state index in [-0.39, 0.29) is 35.1 Å². The number of aromatic nitrogens is 6. The Hall–Kier alpha value is -6.68. The smallest absolute Gasteiger partial charge is 0.328 e. The molecule has 6 aromatic rings. The van der Waals surface area contributed by atoms with Crippen molar-refractivity contribution in [3.8, 4) is 22.4 Å². The summed E-state index contributed by atoms with van der Waals surface area (Å²) in [5.41, 5.74) is 9.16. The highest BCUT2D eigenvalue weighted by atomic mass is 16.5. The van der Waals surface area contributed by atoms with Crippen molar-refractivity contribution >= 4 is 46.1 Å². The summed E-state index contributed by atoms with van der Waals surface area (Å²) in [6.45, 7) is 19.3. The third-order valence-electron chi connectivity index (χ3n) is 12.9. The number of hydrogen-bond acceptors (Lipinski definition) is 12. The lowest BCUT2D eigenvalue weighted by Crippen LogP contribution is -2.49. The van der Waals surface area contributed by atoms with E-state index < -0.39 is 0 Å². The van der Waals surface area contributed by atoms with E-state index in [1.165, 1.54) is 5.69 Å². The first-order valence-electron chi connectivity index (χ1n) is 22.3. The molecule has 0 radical (unpaired) electrons. The predicted octanol–water partition coefficient (Wildman–Crippen LogP) is 6.96. The molecule has 3 aliphatic heterocycles. The van der Waals surface area contributed by atoms with Gasteiger partial charge in [0.2, 0.25) is 11.8 Å². The average molecular weight is 865 g/mol. The molecule has 0 saturated carbocycles. The second kappa shape index (κ2) is 17.5. The third-order valence-corrected chi connectivity index (χ3v) is 12.9. The van der Waals surface area contributed by atoms with Gasteiger partial charge in [0.25, 0.3) is 11.7 Å². The number of piperazine rings is 1. The van der Waals surface area contributed by atoms with Gasteiger partial charge in [0, 0.05) is 110 Å². The van der Waals surface area contributed by atoms with Crippen molar-refractivity contribution in [2.75, 3.05) is 67.1 Å². The Morgan fingerprint density at radius 3 is 2.31 bits per heavy atom. The van der Waals surface area contributed by atoms with Crippen LogP contribution in [0.3, 0.4) is 0 Å². The monoisotopic (exact) mass is 864 g/mol. The van der Waals surface area contributed by atoms with Gasteiger partial charge in [-0.3, -0.25) is 29.8 Å². The van der Waals surface area contributed by atoms with E-state index >= 15 is 0 Å². The molecule has 7 heterocycles. The summed E-state index contributed by atoms with van der Waals surface area (Å²) in [6, 6.07) is 18.2. The number of rotatable bonds is 10. The zero-order valence-corrected chi connectivity index (χ0v) is 37.4. The summed E-state index contributed by atoms with van der Waals surface area (Å²) in [5.74, 6) is 1.48. The minimum atomic E-state index is -0.386. The number of aryl methyl sites for hydroxylation is 2. The minimum Gasteiger partial charge on any atom is -0.372 e. The fourth-order valence-corrected chi connectivity index (χ4v) is 9.13. The van der Waals surface area contributed by atoms with Crippen LogP contribution in [0.15, 0.2) is 71.5 Å². The number of carbonyl (C=O) groups excluding carboxylic acids is 3. The minimum absolute atomic E-state index is 0.0201. The van der Waals surface area contributed by atoms with Crippen molar-refractivity contribution in [1.82, 2.24) is 45.8 Å². The Balaban J connectivity index is 0.770. The third kappa shape index (κ3) is 8.91. The van der Waals surface area contributed by atoms with Crippen LogP contribution in [0.25, 0.3) is 33.4 Å². The number of hydrogen-bond donors (Lipinski definition) is 3. The lowest BCUT2D eigenvalue weighted by molar-refractivity contribution is -0.120. The van der Waals surface area contributed by atoms with Crippen LogP contribution in [0.2, 0.25) is 0 Å². The molecule has 332 valence electrons. The van der Waals surface area contributed by atoms with Crippen molar-refractivity contribution < 1.29 is 18.9 Å². The molecule has 3 fully saturated rings. The van der Waals surface area contributed by atoms with Gasteiger partial charge in [0.15, 0.2) is 5.65 Å². The molecule has 0 aliphatic carbocycles. The van der Waals surface area contributed by atoms with Gasteiger partial charge < -0.3 is 19.6 Å². The number of nitrogens with zero attached hydrogens (tertiary/aromatic N) is 9. The van der Waals surface area contributed by atoms with Gasteiger partial charge in [-0.25, -0.2) is 14.8 Å². The summed E-state index contributed by atoms with van der Waals surface area (Å²) in [4.78, 5) is 60.0. The molecule has 4 aromatic heterocycles. The maximum atomic E-state index is 13.0. The van der Waals surface area contributed by atoms with Crippen LogP contribution in [0, 0.1) is 19.8 Å². The quantitative estimate of drug-likeness (QED) is 0.129. The van der Waals surface area contributed by atoms with E-state index in [2.05, 4.69) is 87.1 Å². The van der Waals surface area contributed by atoms with Crippen molar-refractivity contribution in [2.24, 2.45) is 5.92 Å². The molecule has 0 spiro atoms. The first-order chi connectivity index (χ1) is 30.8. The first-order valence-corrected chi connectivity index (χ1v) is 22.3. The average Bonchev–Trinajstić information content (AvgIpc) is 3.96. The molecule has 16 nitrogen and oxygen atoms in total. The number of anilines is 3. The van der Waals surface area contributed by atoms with E-state index in [9.17, 15) is 14.4 Å². The van der Waals surface area contributed by atoms with Gasteiger partial charge in [0.1, 0.15) is 5.82 Å². The van der Waals surface area contributed by atoms with E-state index in [1.54, 1.807) is 4.90 Å². The molecule has 3 saturated heterocycles. The lowest BCUT2D eigenvalue weighted by Gasteiger charge is -2.40. The zero-order valence-electron chi connectivity index (χ0n) is 37.4. The molecular formula is C48H56N12O4. The number of piperidine rings is 1. The van der Waals surface area contributed by atoms with Gasteiger partial charge in [-0.2, -0.15) is 10.1 Å². The second-order valence-electron chi connectivity index (χ2n) is 18.5. The zero-order chi connectivity index (χ0) is 44.7. The number of benzene rings is 2. The fourth-order valence-electron chi connectivity index (χ4n) is 9.13. The molecule has 1 unspecified atom stereocenters. The van der Waals surface area contributed by atoms with Crippen LogP contribution in [0.4, 0.5) is 22.0 Å². The van der Waals surface area contributed by atoms with E-state index in [1.807, 2.05) is 72.1 Å². The molecule has 9 rings (SSSR count). The standard InChI is InChI=1S/C48H56N12O4/c1-29-23-33(7-10-37(29)31(3)51-45(62)44-53-46(64-56-44)48(4,5)6)42-38-25-35(27-50-43(38)55-54-42)34-8-12-40(49-26-34)59-21-19-57(20-22-59)28-32-13-16-58(17-14-32)36-9-11-39(30(2)24-36)60-18-15-41(61)52-47(60)63/h7-12,23-27,31-32H,13-22,28H2,1-6H3,(H,51,62)(H,50,54,55)(H,52,61,63). The van der Waals surface area contributed by atoms with Gasteiger partial charge in [-0.1, -0.05) is 38.1 Å². The number of amides is 4. The number of fused-ring (bicyclic) bond motifs is 1. The number of carbonyl (C=O) groups is 3. The van der Waals surface area contributed by atoms with Gasteiger partial charge >= 0.3 is 6.03 Å². The molecule has 0 bridgehead atoms. The Kier molecular flexibility index (Phi) is 11.6. The highest BCUT2D eigenvalue weighted by Gasteiger charge is 2.29. The Labute approximate surface area is 372 Å². The molecule has 4 amide bonds. The number of nitrogens with one attached hydrogen (secondary N) is 3. The SMILES string of the molecule is Cc1cc(-c2[nH]nc3ncc(-c4ccc(N5CCN(CC6CCN(c7ccc(N8CCC(=O)NC8=O)c(C)c7)CC6)CC5)nc4)cc23)ccc1C(C)NC(=O)c1noc(C(C)(C)C)n1. The van der Waals surface area contributed by atoms with Crippen molar-refractivity contribution in [1.29, 1.82) is 0 Å². The number of urea groups is 1. The second-order valence-corrected chi connectivity index (χ2v) is 18.5. The Morgan fingerprint density at radius 2 is 1.62 bits per heavy atom. The van der Waals surface area contributed by atoms with Crippen molar-refractivity contribution in [2.45, 2.75) is 72.3 Å². The van der Waals surface area contributed by atoms with Gasteiger partial charge in [-0.15, -0.1) is 0 Å². The van der Waals surface area contributed by atoms with Crippen LogP contribution >= 0.6 is 0 Å². The number of pyridine rings is 2. The van der Waals surface area contributed by atoms with Gasteiger partial charge in [-0.05, 0) is 98.7 Å².